The SMILES string of the molecule is O=C(c1cscn1)N1Cc2cncn2[C@H](COCC2CCOCC2)C1. The van der Waals surface area contributed by atoms with Crippen LogP contribution in [0.2, 0.25) is 0 Å². The van der Waals surface area contributed by atoms with E-state index in [1.165, 1.54) is 11.3 Å². The van der Waals surface area contributed by atoms with Crippen molar-refractivity contribution in [1.82, 2.24) is 19.4 Å². The van der Waals surface area contributed by atoms with E-state index in [0.29, 0.717) is 31.3 Å². The fourth-order valence-electron chi connectivity index (χ4n) is 3.44. The van der Waals surface area contributed by atoms with Gasteiger partial charge in [-0.15, -0.1) is 11.3 Å². The van der Waals surface area contributed by atoms with E-state index in [-0.39, 0.29) is 11.9 Å². The summed E-state index contributed by atoms with van der Waals surface area (Å²) in [4.78, 5) is 22.9. The lowest BCUT2D eigenvalue weighted by Gasteiger charge is -2.34. The quantitative estimate of drug-likeness (QED) is 0.813. The topological polar surface area (TPSA) is 69.5 Å². The molecule has 0 aromatic carbocycles. The summed E-state index contributed by atoms with van der Waals surface area (Å²) >= 11 is 1.44. The number of hydrogen-bond acceptors (Lipinski definition) is 6. The highest BCUT2D eigenvalue weighted by molar-refractivity contribution is 7.07. The van der Waals surface area contributed by atoms with Gasteiger partial charge in [0.15, 0.2) is 0 Å². The molecule has 0 spiro atoms. The number of rotatable bonds is 5. The van der Waals surface area contributed by atoms with Crippen molar-refractivity contribution in [2.24, 2.45) is 5.92 Å². The Morgan fingerprint density at radius 2 is 2.24 bits per heavy atom. The summed E-state index contributed by atoms with van der Waals surface area (Å²) in [5.74, 6) is 0.551. The summed E-state index contributed by atoms with van der Waals surface area (Å²) in [7, 11) is 0. The molecule has 2 aliphatic rings. The van der Waals surface area contributed by atoms with E-state index in [0.717, 1.165) is 38.4 Å². The molecule has 2 aromatic rings. The van der Waals surface area contributed by atoms with E-state index in [9.17, 15) is 4.79 Å². The van der Waals surface area contributed by atoms with Crippen molar-refractivity contribution in [3.63, 3.8) is 0 Å². The first-order valence-corrected chi connectivity index (χ1v) is 9.59. The fourth-order valence-corrected chi connectivity index (χ4v) is 3.96. The van der Waals surface area contributed by atoms with Gasteiger partial charge in [0, 0.05) is 37.9 Å². The molecule has 1 saturated heterocycles. The zero-order valence-electron chi connectivity index (χ0n) is 14.0. The summed E-state index contributed by atoms with van der Waals surface area (Å²) < 4.78 is 13.5. The van der Waals surface area contributed by atoms with Gasteiger partial charge in [-0.05, 0) is 18.8 Å². The van der Waals surface area contributed by atoms with Gasteiger partial charge in [-0.3, -0.25) is 4.79 Å². The van der Waals surface area contributed by atoms with E-state index < -0.39 is 0 Å². The van der Waals surface area contributed by atoms with Gasteiger partial charge in [-0.25, -0.2) is 9.97 Å². The van der Waals surface area contributed by atoms with Gasteiger partial charge in [0.05, 0.1) is 36.7 Å². The van der Waals surface area contributed by atoms with Crippen LogP contribution in [-0.2, 0) is 16.0 Å². The van der Waals surface area contributed by atoms with Gasteiger partial charge in [0.1, 0.15) is 5.69 Å². The van der Waals surface area contributed by atoms with Crippen molar-refractivity contribution in [1.29, 1.82) is 0 Å². The third-order valence-corrected chi connectivity index (χ3v) is 5.45. The number of aromatic nitrogens is 3. The Hall–Kier alpha value is -1.77. The van der Waals surface area contributed by atoms with Crippen molar-refractivity contribution in [3.05, 3.63) is 34.8 Å². The smallest absolute Gasteiger partial charge is 0.273 e. The molecule has 0 aliphatic carbocycles. The van der Waals surface area contributed by atoms with E-state index >= 15 is 0 Å². The van der Waals surface area contributed by atoms with Crippen LogP contribution in [0.1, 0.15) is 35.1 Å². The molecule has 1 fully saturated rings. The highest BCUT2D eigenvalue weighted by Gasteiger charge is 2.29. The van der Waals surface area contributed by atoms with E-state index in [1.54, 1.807) is 10.9 Å². The molecule has 0 unspecified atom stereocenters. The van der Waals surface area contributed by atoms with Crippen LogP contribution in [0.25, 0.3) is 0 Å². The minimum Gasteiger partial charge on any atom is -0.381 e. The Morgan fingerprint density at radius 3 is 3.04 bits per heavy atom. The summed E-state index contributed by atoms with van der Waals surface area (Å²) in [6, 6.07) is 0.0914. The van der Waals surface area contributed by atoms with Crippen molar-refractivity contribution in [3.8, 4) is 0 Å². The van der Waals surface area contributed by atoms with Crippen LogP contribution in [0.4, 0.5) is 0 Å². The highest BCUT2D eigenvalue weighted by atomic mass is 32.1. The number of amides is 1. The molecule has 4 rings (SSSR count). The predicted octanol–water partition coefficient (Wildman–Crippen LogP) is 1.98. The third-order valence-electron chi connectivity index (χ3n) is 4.87. The molecule has 0 saturated carbocycles. The summed E-state index contributed by atoms with van der Waals surface area (Å²) in [6.07, 6.45) is 5.79. The van der Waals surface area contributed by atoms with Gasteiger partial charge in [-0.1, -0.05) is 0 Å². The van der Waals surface area contributed by atoms with Crippen molar-refractivity contribution in [2.75, 3.05) is 33.0 Å². The molecule has 2 aromatic heterocycles. The number of carbonyl (C=O) groups is 1. The molecule has 0 bridgehead atoms. The summed E-state index contributed by atoms with van der Waals surface area (Å²) in [5.41, 5.74) is 3.24. The second-order valence-corrected chi connectivity index (χ2v) is 7.32. The standard InChI is InChI=1S/C17H22N4O3S/c22-17(16-10-25-12-19-16)20-6-14-5-18-11-21(14)15(7-20)9-24-8-13-1-3-23-4-2-13/h5,10-13,15H,1-4,6-9H2/t15-/m0/s1. The number of hydrogen-bond donors (Lipinski definition) is 0. The molecular weight excluding hydrogens is 340 g/mol. The maximum Gasteiger partial charge on any atom is 0.273 e. The largest absolute Gasteiger partial charge is 0.381 e. The average molecular weight is 362 g/mol. The first-order chi connectivity index (χ1) is 12.3. The Morgan fingerprint density at radius 1 is 1.36 bits per heavy atom. The van der Waals surface area contributed by atoms with Gasteiger partial charge in [-0.2, -0.15) is 0 Å². The lowest BCUT2D eigenvalue weighted by Crippen LogP contribution is -2.42. The van der Waals surface area contributed by atoms with Crippen LogP contribution >= 0.6 is 11.3 Å². The van der Waals surface area contributed by atoms with E-state index in [2.05, 4.69) is 14.5 Å². The second-order valence-electron chi connectivity index (χ2n) is 6.60. The zero-order valence-corrected chi connectivity index (χ0v) is 14.9. The lowest BCUT2D eigenvalue weighted by molar-refractivity contribution is 0.00596. The molecule has 25 heavy (non-hydrogen) atoms. The zero-order chi connectivity index (χ0) is 17.1. The van der Waals surface area contributed by atoms with Crippen molar-refractivity contribution in [2.45, 2.75) is 25.4 Å². The molecule has 1 amide bonds. The monoisotopic (exact) mass is 362 g/mol. The van der Waals surface area contributed by atoms with Gasteiger partial charge < -0.3 is 18.9 Å². The Kier molecular flexibility index (Phi) is 5.09. The number of ether oxygens (including phenoxy) is 2. The first kappa shape index (κ1) is 16.7. The number of nitrogens with zero attached hydrogens (tertiary/aromatic N) is 4. The normalized spacial score (nSPS) is 21.3. The molecule has 7 nitrogen and oxygen atoms in total. The molecule has 0 radical (unpaired) electrons. The number of imidazole rings is 1. The fraction of sp³-hybridized carbons (Fsp3) is 0.588. The maximum atomic E-state index is 12.6. The first-order valence-electron chi connectivity index (χ1n) is 8.65. The minimum atomic E-state index is -0.0249. The van der Waals surface area contributed by atoms with Crippen molar-refractivity contribution < 1.29 is 14.3 Å². The maximum absolute atomic E-state index is 12.6. The van der Waals surface area contributed by atoms with Gasteiger partial charge >= 0.3 is 0 Å². The molecule has 1 atom stereocenters. The number of fused-ring (bicyclic) bond motifs is 1. The molecule has 8 heteroatoms. The van der Waals surface area contributed by atoms with Crippen LogP contribution in [0, 0.1) is 5.92 Å². The Labute approximate surface area is 150 Å². The van der Waals surface area contributed by atoms with E-state index in [1.807, 2.05) is 17.4 Å². The second kappa shape index (κ2) is 7.63. The van der Waals surface area contributed by atoms with Crippen LogP contribution in [0.15, 0.2) is 23.4 Å². The van der Waals surface area contributed by atoms with Crippen LogP contribution in [0.5, 0.6) is 0 Å². The number of carbonyl (C=O) groups excluding carboxylic acids is 1. The van der Waals surface area contributed by atoms with Crippen LogP contribution < -0.4 is 0 Å². The minimum absolute atomic E-state index is 0.0249. The summed E-state index contributed by atoms with van der Waals surface area (Å²) in [6.45, 7) is 4.18. The molecular formula is C17H22N4O3S. The third kappa shape index (κ3) is 3.75. The van der Waals surface area contributed by atoms with Gasteiger partial charge in [0.25, 0.3) is 5.91 Å². The van der Waals surface area contributed by atoms with Crippen LogP contribution in [-0.4, -0.2) is 58.3 Å². The van der Waals surface area contributed by atoms with Crippen molar-refractivity contribution >= 4 is 17.2 Å². The molecule has 0 N–H and O–H groups in total. The van der Waals surface area contributed by atoms with E-state index in [4.69, 9.17) is 9.47 Å². The highest BCUT2D eigenvalue weighted by Crippen LogP contribution is 2.23. The summed E-state index contributed by atoms with van der Waals surface area (Å²) in [5, 5.41) is 1.80. The molecule has 134 valence electrons. The molecule has 4 heterocycles. The van der Waals surface area contributed by atoms with Gasteiger partial charge in [0.2, 0.25) is 0 Å². The predicted molar refractivity (Wildman–Crippen MR) is 92.5 cm³/mol. The van der Waals surface area contributed by atoms with Crippen LogP contribution in [0.3, 0.4) is 0 Å². The Bertz CT molecular complexity index is 697. The average Bonchev–Trinajstić information content (AvgIpc) is 3.33. The number of thiazole rings is 1. The lowest BCUT2D eigenvalue weighted by atomic mass is 10.0. The Balaban J connectivity index is 1.39. The molecule has 2 aliphatic heterocycles.